The van der Waals surface area contributed by atoms with Crippen molar-refractivity contribution < 1.29 is 9.53 Å². The molecule has 5 nitrogen and oxygen atoms in total. The van der Waals surface area contributed by atoms with Gasteiger partial charge in [0.05, 0.1) is 6.20 Å². The fourth-order valence-corrected chi connectivity index (χ4v) is 2.02. The van der Waals surface area contributed by atoms with E-state index in [0.29, 0.717) is 24.5 Å². The first-order valence-electron chi connectivity index (χ1n) is 7.73. The molecule has 1 aromatic heterocycles. The molecule has 1 aromatic carbocycles. The summed E-state index contributed by atoms with van der Waals surface area (Å²) < 4.78 is 5.68. The molecule has 0 bridgehead atoms. The topological polar surface area (TPSA) is 77.2 Å². The van der Waals surface area contributed by atoms with Gasteiger partial charge in [-0.25, -0.2) is 0 Å². The van der Waals surface area contributed by atoms with Crippen LogP contribution in [0.3, 0.4) is 0 Å². The van der Waals surface area contributed by atoms with Gasteiger partial charge in [0, 0.05) is 23.8 Å². The monoisotopic (exact) mass is 385 g/mol. The van der Waals surface area contributed by atoms with E-state index in [4.69, 9.17) is 10.5 Å². The molecular formula is C18H25Cl2N3O2. The van der Waals surface area contributed by atoms with Crippen LogP contribution in [0.25, 0.3) is 0 Å². The van der Waals surface area contributed by atoms with Crippen LogP contribution in [0.2, 0.25) is 0 Å². The van der Waals surface area contributed by atoms with Crippen LogP contribution in [0.4, 0.5) is 0 Å². The predicted octanol–water partition coefficient (Wildman–Crippen LogP) is 3.28. The zero-order valence-corrected chi connectivity index (χ0v) is 16.0. The molecule has 1 atom stereocenters. The van der Waals surface area contributed by atoms with Crippen LogP contribution in [-0.4, -0.2) is 23.5 Å². The quantitative estimate of drug-likeness (QED) is 0.766. The average molecular weight is 386 g/mol. The van der Waals surface area contributed by atoms with Crippen molar-refractivity contribution >= 4 is 30.7 Å². The molecule has 1 heterocycles. The van der Waals surface area contributed by atoms with Crippen molar-refractivity contribution in [2.75, 3.05) is 6.54 Å². The molecule has 2 aromatic rings. The van der Waals surface area contributed by atoms with Gasteiger partial charge in [-0.2, -0.15) is 0 Å². The maximum Gasteiger partial charge on any atom is 0.251 e. The number of carbonyl (C=O) groups excluding carboxylic acids is 1. The highest BCUT2D eigenvalue weighted by Gasteiger charge is 2.06. The largest absolute Gasteiger partial charge is 0.487 e. The number of aryl methyl sites for hydroxylation is 1. The molecular weight excluding hydrogens is 361 g/mol. The summed E-state index contributed by atoms with van der Waals surface area (Å²) in [7, 11) is 0. The molecule has 138 valence electrons. The molecule has 0 saturated carbocycles. The second-order valence-electron chi connectivity index (χ2n) is 5.65. The van der Waals surface area contributed by atoms with Crippen LogP contribution < -0.4 is 15.8 Å². The molecule has 0 aliphatic carbocycles. The molecule has 0 aliphatic heterocycles. The minimum Gasteiger partial charge on any atom is -0.487 e. The van der Waals surface area contributed by atoms with Crippen molar-refractivity contribution in [1.82, 2.24) is 10.3 Å². The Kier molecular flexibility index (Phi) is 10.8. The molecule has 0 aliphatic rings. The lowest BCUT2D eigenvalue weighted by atomic mass is 10.1. The summed E-state index contributed by atoms with van der Waals surface area (Å²) in [6.07, 6.45) is 2.45. The van der Waals surface area contributed by atoms with Gasteiger partial charge in [-0.05, 0) is 50.1 Å². The van der Waals surface area contributed by atoms with E-state index in [0.717, 1.165) is 17.7 Å². The number of hydrogen-bond donors (Lipinski definition) is 2. The van der Waals surface area contributed by atoms with Gasteiger partial charge >= 0.3 is 0 Å². The van der Waals surface area contributed by atoms with Gasteiger partial charge in [-0.1, -0.05) is 12.1 Å². The van der Waals surface area contributed by atoms with Crippen LogP contribution in [0.1, 0.15) is 35.0 Å². The fraction of sp³-hybridized carbons (Fsp3) is 0.333. The van der Waals surface area contributed by atoms with E-state index in [1.807, 2.05) is 44.2 Å². The second kappa shape index (κ2) is 11.7. The molecule has 25 heavy (non-hydrogen) atoms. The fourth-order valence-electron chi connectivity index (χ4n) is 2.02. The summed E-state index contributed by atoms with van der Waals surface area (Å²) >= 11 is 0. The zero-order valence-electron chi connectivity index (χ0n) is 14.4. The minimum absolute atomic E-state index is 0. The van der Waals surface area contributed by atoms with Gasteiger partial charge < -0.3 is 15.8 Å². The van der Waals surface area contributed by atoms with Crippen molar-refractivity contribution in [2.45, 2.75) is 32.9 Å². The van der Waals surface area contributed by atoms with Crippen LogP contribution >= 0.6 is 24.8 Å². The number of pyridine rings is 1. The summed E-state index contributed by atoms with van der Waals surface area (Å²) in [6.45, 7) is 4.82. The lowest BCUT2D eigenvalue weighted by Gasteiger charge is -2.09. The molecule has 0 fully saturated rings. The van der Waals surface area contributed by atoms with Crippen molar-refractivity contribution in [3.8, 4) is 5.75 Å². The maximum absolute atomic E-state index is 12.1. The molecule has 0 radical (unpaired) electrons. The van der Waals surface area contributed by atoms with Crippen LogP contribution in [-0.2, 0) is 6.61 Å². The van der Waals surface area contributed by atoms with Crippen molar-refractivity contribution in [3.63, 3.8) is 0 Å². The Morgan fingerprint density at radius 3 is 2.68 bits per heavy atom. The number of aromatic nitrogens is 1. The highest BCUT2D eigenvalue weighted by Crippen LogP contribution is 2.12. The van der Waals surface area contributed by atoms with E-state index in [2.05, 4.69) is 10.3 Å². The minimum atomic E-state index is -0.0931. The van der Waals surface area contributed by atoms with Crippen LogP contribution in [0.5, 0.6) is 5.75 Å². The number of nitrogens with zero attached hydrogens (tertiary/aromatic N) is 1. The summed E-state index contributed by atoms with van der Waals surface area (Å²) in [5.74, 6) is 0.617. The summed E-state index contributed by atoms with van der Waals surface area (Å²) in [5.41, 5.74) is 8.18. The zero-order chi connectivity index (χ0) is 16.7. The standard InChI is InChI=1S/C18H23N3O2.2ClH/c1-13(19)8-9-20-18(22)16-5-3-4-15(10-16)12-23-17-7-6-14(2)21-11-17;;/h3-7,10-11,13H,8-9,12,19H2,1-2H3,(H,20,22);2*1H. The van der Waals surface area contributed by atoms with E-state index in [1.54, 1.807) is 12.3 Å². The highest BCUT2D eigenvalue weighted by atomic mass is 35.5. The Morgan fingerprint density at radius 1 is 1.28 bits per heavy atom. The third-order valence-electron chi connectivity index (χ3n) is 3.36. The van der Waals surface area contributed by atoms with Gasteiger partial charge in [0.25, 0.3) is 5.91 Å². The predicted molar refractivity (Wildman–Crippen MR) is 105 cm³/mol. The number of halogens is 2. The summed E-state index contributed by atoms with van der Waals surface area (Å²) in [4.78, 5) is 16.3. The Morgan fingerprint density at radius 2 is 2.04 bits per heavy atom. The first kappa shape index (κ1) is 23.2. The number of hydrogen-bond acceptors (Lipinski definition) is 4. The number of nitrogens with one attached hydrogen (secondary N) is 1. The lowest BCUT2D eigenvalue weighted by molar-refractivity contribution is 0.0952. The number of benzene rings is 1. The van der Waals surface area contributed by atoms with Crippen molar-refractivity contribution in [3.05, 3.63) is 59.4 Å². The number of amides is 1. The molecule has 2 rings (SSSR count). The van der Waals surface area contributed by atoms with E-state index in [9.17, 15) is 4.79 Å². The number of carbonyl (C=O) groups is 1. The van der Waals surface area contributed by atoms with Gasteiger partial charge in [-0.3, -0.25) is 9.78 Å². The highest BCUT2D eigenvalue weighted by molar-refractivity contribution is 5.94. The molecule has 1 amide bonds. The Bertz CT molecular complexity index is 649. The third kappa shape index (κ3) is 8.20. The smallest absolute Gasteiger partial charge is 0.251 e. The first-order chi connectivity index (χ1) is 11.0. The summed E-state index contributed by atoms with van der Waals surface area (Å²) in [5, 5.41) is 2.87. The number of ether oxygens (including phenoxy) is 1. The van der Waals surface area contributed by atoms with Crippen LogP contribution in [0.15, 0.2) is 42.6 Å². The van der Waals surface area contributed by atoms with Gasteiger partial charge in [0.1, 0.15) is 12.4 Å². The van der Waals surface area contributed by atoms with E-state index < -0.39 is 0 Å². The molecule has 0 spiro atoms. The van der Waals surface area contributed by atoms with Crippen molar-refractivity contribution in [1.29, 1.82) is 0 Å². The lowest BCUT2D eigenvalue weighted by Crippen LogP contribution is -2.29. The van der Waals surface area contributed by atoms with Crippen molar-refractivity contribution in [2.24, 2.45) is 5.73 Å². The second-order valence-corrected chi connectivity index (χ2v) is 5.65. The van der Waals surface area contributed by atoms with Gasteiger partial charge in [-0.15, -0.1) is 24.8 Å². The van der Waals surface area contributed by atoms with Gasteiger partial charge in [0.15, 0.2) is 0 Å². The third-order valence-corrected chi connectivity index (χ3v) is 3.36. The molecule has 3 N–H and O–H groups in total. The first-order valence-corrected chi connectivity index (χ1v) is 7.73. The maximum atomic E-state index is 12.1. The van der Waals surface area contributed by atoms with E-state index in [1.165, 1.54) is 0 Å². The Labute approximate surface area is 161 Å². The Hall–Kier alpha value is -1.82. The normalized spacial score (nSPS) is 10.8. The van der Waals surface area contributed by atoms with Crippen LogP contribution in [0, 0.1) is 6.92 Å². The summed E-state index contributed by atoms with van der Waals surface area (Å²) in [6, 6.07) is 11.3. The van der Waals surface area contributed by atoms with E-state index in [-0.39, 0.29) is 36.8 Å². The average Bonchev–Trinajstić information content (AvgIpc) is 2.54. The van der Waals surface area contributed by atoms with Gasteiger partial charge in [0.2, 0.25) is 0 Å². The molecule has 0 saturated heterocycles. The number of nitrogens with two attached hydrogens (primary N) is 1. The Balaban J connectivity index is 0.00000288. The van der Waals surface area contributed by atoms with E-state index >= 15 is 0 Å². The number of rotatable bonds is 7. The SMILES string of the molecule is Cc1ccc(OCc2cccc(C(=O)NCCC(C)N)c2)cn1.Cl.Cl. The molecule has 1 unspecified atom stereocenters. The molecule has 7 heteroatoms.